The van der Waals surface area contributed by atoms with Crippen molar-refractivity contribution >= 4 is 14.0 Å². The van der Waals surface area contributed by atoms with Crippen molar-refractivity contribution < 1.29 is 0 Å². The molecule has 19 valence electrons. The molecule has 1 aliphatic heterocycles. The van der Waals surface area contributed by atoms with Crippen LogP contribution >= 0.6 is 8.20 Å². The van der Waals surface area contributed by atoms with E-state index < -0.39 is 0 Å². The minimum absolute atomic E-state index is 1.25. The molecule has 1 radical (unpaired) electrons. The quantitative estimate of drug-likeness (QED) is 0.374. The van der Waals surface area contributed by atoms with E-state index in [9.17, 15) is 0 Å². The fraction of sp³-hybridized carbons (Fsp3) is 0. The highest BCUT2D eigenvalue weighted by Crippen LogP contribution is 2.02. The molecule has 0 N–H and O–H groups in total. The molecule has 0 aromatic heterocycles. The van der Waals surface area contributed by atoms with Crippen molar-refractivity contribution in [1.29, 1.82) is 0 Å². The van der Waals surface area contributed by atoms with Gasteiger partial charge in [-0.3, -0.25) is 0 Å². The third-order valence-corrected chi connectivity index (χ3v) is 0.894. The average molecular weight is 69.0 g/mol. The van der Waals surface area contributed by atoms with Gasteiger partial charge >= 0.3 is 0 Å². The Morgan fingerprint density at radius 2 is 2.00 bits per heavy atom. The summed E-state index contributed by atoms with van der Waals surface area (Å²) in [6.07, 6.45) is 1.92. The molecule has 0 bridgehead atoms. The highest BCUT2D eigenvalue weighted by Gasteiger charge is 1.68. The maximum atomic E-state index is 2.90. The predicted octanol–water partition coefficient (Wildman–Crippen LogP) is 1.14. The first-order valence-corrected chi connectivity index (χ1v) is 2.07. The molecule has 1 heteroatoms. The summed E-state index contributed by atoms with van der Waals surface area (Å²) >= 11 is 0. The maximum absolute atomic E-state index is 2.90. The van der Waals surface area contributed by atoms with Gasteiger partial charge in [-0.2, -0.15) is 0 Å². The van der Waals surface area contributed by atoms with Gasteiger partial charge in [0.1, 0.15) is 0 Å². The van der Waals surface area contributed by atoms with Gasteiger partial charge in [-0.1, -0.05) is 8.20 Å². The Morgan fingerprint density at radius 3 is 2.00 bits per heavy atom. The monoisotopic (exact) mass is 69.0 g/mol. The Morgan fingerprint density at radius 1 is 1.75 bits per heavy atom. The van der Waals surface area contributed by atoms with Crippen LogP contribution in [0.25, 0.3) is 0 Å². The van der Waals surface area contributed by atoms with E-state index in [1.807, 2.05) is 11.9 Å². The van der Waals surface area contributed by atoms with E-state index in [1.165, 1.54) is 8.20 Å². The van der Waals surface area contributed by atoms with E-state index in [0.717, 1.165) is 0 Å². The van der Waals surface area contributed by atoms with Crippen LogP contribution in [0.2, 0.25) is 0 Å². The minimum Gasteiger partial charge on any atom is -0.0674 e. The second-order valence-electron chi connectivity index (χ2n) is 0.574. The third-order valence-electron chi connectivity index (χ3n) is 0.298. The van der Waals surface area contributed by atoms with Gasteiger partial charge in [-0.05, 0) is 11.9 Å². The minimum atomic E-state index is 1.25. The van der Waals surface area contributed by atoms with E-state index in [1.54, 1.807) is 0 Å². The Bertz CT molecular complexity index is 43.7. The van der Waals surface area contributed by atoms with E-state index in [4.69, 9.17) is 0 Å². The molecule has 0 saturated carbocycles. The summed E-state index contributed by atoms with van der Waals surface area (Å²) < 4.78 is 0. The van der Waals surface area contributed by atoms with Gasteiger partial charge in [0.25, 0.3) is 0 Å². The van der Waals surface area contributed by atoms with Crippen molar-refractivity contribution in [2.75, 3.05) is 0 Å². The number of hydrogen-bond donors (Lipinski definition) is 0. The molecular weight excluding hydrogens is 67.0 g/mol. The van der Waals surface area contributed by atoms with Gasteiger partial charge in [0, 0.05) is 5.80 Å². The van der Waals surface area contributed by atoms with Gasteiger partial charge in [0.05, 0.1) is 0 Å². The van der Waals surface area contributed by atoms with Crippen LogP contribution < -0.4 is 0 Å². The lowest BCUT2D eigenvalue weighted by molar-refractivity contribution is 2.42. The molecule has 0 aliphatic carbocycles. The molecule has 0 unspecified atom stereocenters. The average Bonchev–Trinajstić information content (AvgIpc) is 0.722. The fourth-order valence-electron chi connectivity index (χ4n) is 0.0745. The summed E-state index contributed by atoms with van der Waals surface area (Å²) in [5.41, 5.74) is 0. The van der Waals surface area contributed by atoms with Crippen molar-refractivity contribution in [1.82, 2.24) is 0 Å². The van der Waals surface area contributed by atoms with Crippen molar-refractivity contribution in [3.8, 4) is 0 Å². The fourth-order valence-corrected chi connectivity index (χ4v) is 0.224. The maximum Gasteiger partial charge on any atom is 0.0140 e. The topological polar surface area (TPSA) is 0 Å². The smallest absolute Gasteiger partial charge is 0.0140 e. The zero-order chi connectivity index (χ0) is 2.83. The summed E-state index contributed by atoms with van der Waals surface area (Å²) in [6.45, 7) is 0. The van der Waals surface area contributed by atoms with Gasteiger partial charge < -0.3 is 0 Å². The first-order valence-electron chi connectivity index (χ1n) is 1.10. The zero-order valence-corrected chi connectivity index (χ0v) is 3.00. The van der Waals surface area contributed by atoms with E-state index in [0.29, 0.717) is 0 Å². The van der Waals surface area contributed by atoms with E-state index in [2.05, 4.69) is 5.80 Å². The molecule has 1 rings (SSSR count). The molecule has 0 amide bonds. The normalized spacial score (nSPS) is 20.0. The molecule has 0 aromatic carbocycles. The predicted molar refractivity (Wildman–Crippen MR) is 21.1 cm³/mol. The van der Waals surface area contributed by atoms with Crippen molar-refractivity contribution in [2.45, 2.75) is 0 Å². The highest BCUT2D eigenvalue weighted by atomic mass is 31.1. The third kappa shape index (κ3) is 0.103. The molecular formula is C3H2P. The lowest BCUT2D eigenvalue weighted by Crippen LogP contribution is -1.56. The molecule has 0 saturated heterocycles. The molecule has 0 fully saturated rings. The molecule has 0 aromatic rings. The second kappa shape index (κ2) is 0.694. The molecule has 4 heavy (non-hydrogen) atoms. The van der Waals surface area contributed by atoms with Crippen LogP contribution in [-0.4, -0.2) is 5.80 Å². The van der Waals surface area contributed by atoms with Crippen molar-refractivity contribution in [2.24, 2.45) is 0 Å². The summed E-state index contributed by atoms with van der Waals surface area (Å²) in [6, 6.07) is 0. The van der Waals surface area contributed by atoms with E-state index >= 15 is 0 Å². The number of allylic oxidation sites excluding steroid dienone is 1. The first kappa shape index (κ1) is 2.17. The Labute approximate surface area is 26.9 Å². The van der Waals surface area contributed by atoms with Gasteiger partial charge in [-0.15, -0.1) is 0 Å². The standard InChI is InChI=1S/C3H2P/c1-2-4-3-1/h1-2H. The van der Waals surface area contributed by atoms with Crippen LogP contribution in [0.3, 0.4) is 0 Å². The molecule has 0 spiro atoms. The molecule has 0 nitrogen and oxygen atoms in total. The van der Waals surface area contributed by atoms with Crippen LogP contribution in [0.1, 0.15) is 0 Å². The van der Waals surface area contributed by atoms with Gasteiger partial charge in [-0.25, -0.2) is 0 Å². The Kier molecular flexibility index (Phi) is 0.376. The van der Waals surface area contributed by atoms with Gasteiger partial charge in [0.2, 0.25) is 0 Å². The molecule has 0 atom stereocenters. The van der Waals surface area contributed by atoms with Crippen molar-refractivity contribution in [3.05, 3.63) is 11.9 Å². The van der Waals surface area contributed by atoms with Crippen LogP contribution in [0.5, 0.6) is 0 Å². The highest BCUT2D eigenvalue weighted by molar-refractivity contribution is 7.44. The lowest BCUT2D eigenvalue weighted by Gasteiger charge is -1.74. The molecule has 1 aliphatic rings. The lowest BCUT2D eigenvalue weighted by atomic mass is 10.8. The van der Waals surface area contributed by atoms with Crippen molar-refractivity contribution in [3.63, 3.8) is 0 Å². The van der Waals surface area contributed by atoms with E-state index in [-0.39, 0.29) is 0 Å². The Balaban J connectivity index is 2.67. The van der Waals surface area contributed by atoms with Crippen LogP contribution in [0, 0.1) is 0 Å². The molecule has 1 heterocycles. The Hall–Kier alpha value is -0.0900. The number of rotatable bonds is 0. The second-order valence-corrected chi connectivity index (χ2v) is 1.39. The number of hydrogen-bond acceptors (Lipinski definition) is 0. The summed E-state index contributed by atoms with van der Waals surface area (Å²) in [5.74, 6) is 4.94. The zero-order valence-electron chi connectivity index (χ0n) is 2.10. The SMILES string of the molecule is [C]1=PC=C1. The first-order chi connectivity index (χ1) is 2.00. The van der Waals surface area contributed by atoms with Crippen LogP contribution in [0.4, 0.5) is 0 Å². The van der Waals surface area contributed by atoms with Crippen LogP contribution in [-0.2, 0) is 0 Å². The summed E-state index contributed by atoms with van der Waals surface area (Å²) in [4.78, 5) is 0. The largest absolute Gasteiger partial charge is 0.0674 e. The van der Waals surface area contributed by atoms with Gasteiger partial charge in [0.15, 0.2) is 0 Å². The summed E-state index contributed by atoms with van der Waals surface area (Å²) in [7, 11) is 1.25. The van der Waals surface area contributed by atoms with Crippen LogP contribution in [0.15, 0.2) is 11.9 Å². The summed E-state index contributed by atoms with van der Waals surface area (Å²) in [5, 5.41) is 0.